The molecular weight excluding hydrogens is 246 g/mol. The van der Waals surface area contributed by atoms with Gasteiger partial charge < -0.3 is 10.5 Å². The molecular formula is C18H29NO. The Bertz CT molecular complexity index is 455. The van der Waals surface area contributed by atoms with Crippen LogP contribution in [0.15, 0.2) is 12.1 Å². The van der Waals surface area contributed by atoms with Crippen molar-refractivity contribution in [3.8, 4) is 5.75 Å². The molecule has 0 radical (unpaired) electrons. The fourth-order valence-corrected chi connectivity index (χ4v) is 3.32. The lowest BCUT2D eigenvalue weighted by Gasteiger charge is -2.36. The first-order valence-electron chi connectivity index (χ1n) is 8.00. The molecule has 0 aliphatic heterocycles. The van der Waals surface area contributed by atoms with E-state index < -0.39 is 0 Å². The topological polar surface area (TPSA) is 35.2 Å². The van der Waals surface area contributed by atoms with E-state index in [1.807, 2.05) is 0 Å². The van der Waals surface area contributed by atoms with Gasteiger partial charge in [-0.1, -0.05) is 25.5 Å². The molecule has 1 aliphatic carbocycles. The van der Waals surface area contributed by atoms with E-state index in [0.717, 1.165) is 24.6 Å². The molecule has 0 heterocycles. The first-order valence-corrected chi connectivity index (χ1v) is 8.00. The molecule has 1 aliphatic rings. The van der Waals surface area contributed by atoms with Crippen LogP contribution in [0.2, 0.25) is 0 Å². The maximum Gasteiger partial charge on any atom is 0.125 e. The molecule has 3 unspecified atom stereocenters. The molecule has 2 heteroatoms. The predicted molar refractivity (Wildman–Crippen MR) is 85.2 cm³/mol. The highest BCUT2D eigenvalue weighted by Gasteiger charge is 2.31. The Labute approximate surface area is 123 Å². The zero-order chi connectivity index (χ0) is 14.7. The maximum atomic E-state index is 6.45. The molecule has 0 amide bonds. The van der Waals surface area contributed by atoms with E-state index in [2.05, 4.69) is 39.8 Å². The summed E-state index contributed by atoms with van der Waals surface area (Å²) in [4.78, 5) is 0. The van der Waals surface area contributed by atoms with Crippen LogP contribution in [0.3, 0.4) is 0 Å². The summed E-state index contributed by atoms with van der Waals surface area (Å²) in [6, 6.07) is 4.34. The van der Waals surface area contributed by atoms with Crippen LogP contribution in [0.1, 0.15) is 49.3 Å². The number of hydrogen-bond donors (Lipinski definition) is 1. The van der Waals surface area contributed by atoms with Crippen molar-refractivity contribution >= 4 is 0 Å². The van der Waals surface area contributed by atoms with Crippen LogP contribution in [0.4, 0.5) is 0 Å². The second-order valence-electron chi connectivity index (χ2n) is 6.39. The molecule has 2 rings (SSSR count). The Morgan fingerprint density at radius 2 is 1.85 bits per heavy atom. The standard InChI is InChI=1S/C18H29NO/c1-5-15-8-9-16(11-19)17(10-15)20-18-13(3)7-6-12(2)14(18)4/h6-7,15-17H,5,8-11,19H2,1-4H3. The van der Waals surface area contributed by atoms with E-state index in [9.17, 15) is 0 Å². The van der Waals surface area contributed by atoms with Crippen LogP contribution in [0.5, 0.6) is 5.75 Å². The smallest absolute Gasteiger partial charge is 0.125 e. The molecule has 0 saturated heterocycles. The number of ether oxygens (including phenoxy) is 1. The Balaban J connectivity index is 2.20. The summed E-state index contributed by atoms with van der Waals surface area (Å²) < 4.78 is 6.45. The van der Waals surface area contributed by atoms with Gasteiger partial charge in [0.25, 0.3) is 0 Å². The molecule has 1 fully saturated rings. The molecule has 3 atom stereocenters. The van der Waals surface area contributed by atoms with Crippen molar-refractivity contribution in [2.24, 2.45) is 17.6 Å². The number of aryl methyl sites for hydroxylation is 2. The van der Waals surface area contributed by atoms with Crippen molar-refractivity contribution in [2.75, 3.05) is 6.54 Å². The SMILES string of the molecule is CCC1CCC(CN)C(Oc2c(C)ccc(C)c2C)C1. The third-order valence-corrected chi connectivity index (χ3v) is 5.06. The summed E-state index contributed by atoms with van der Waals surface area (Å²) in [5, 5.41) is 0. The second kappa shape index (κ2) is 6.62. The highest BCUT2D eigenvalue weighted by atomic mass is 16.5. The summed E-state index contributed by atoms with van der Waals surface area (Å²) in [6.45, 7) is 9.48. The Kier molecular flexibility index (Phi) is 5.09. The van der Waals surface area contributed by atoms with Gasteiger partial charge >= 0.3 is 0 Å². The Morgan fingerprint density at radius 3 is 2.50 bits per heavy atom. The number of benzene rings is 1. The number of rotatable bonds is 4. The van der Waals surface area contributed by atoms with Gasteiger partial charge in [0.2, 0.25) is 0 Å². The van der Waals surface area contributed by atoms with Crippen LogP contribution in [0, 0.1) is 32.6 Å². The summed E-state index contributed by atoms with van der Waals surface area (Å²) in [6.07, 6.45) is 5.22. The van der Waals surface area contributed by atoms with Crippen molar-refractivity contribution in [1.82, 2.24) is 0 Å². The van der Waals surface area contributed by atoms with Crippen LogP contribution < -0.4 is 10.5 Å². The molecule has 0 aromatic heterocycles. The molecule has 1 saturated carbocycles. The summed E-state index contributed by atoms with van der Waals surface area (Å²) in [5.74, 6) is 2.40. The lowest BCUT2D eigenvalue weighted by atomic mass is 9.78. The molecule has 1 aromatic carbocycles. The van der Waals surface area contributed by atoms with Crippen molar-refractivity contribution in [3.05, 3.63) is 28.8 Å². The van der Waals surface area contributed by atoms with Gasteiger partial charge in [0.15, 0.2) is 0 Å². The van der Waals surface area contributed by atoms with Gasteiger partial charge in [0, 0.05) is 5.92 Å². The third-order valence-electron chi connectivity index (χ3n) is 5.06. The molecule has 0 bridgehead atoms. The normalized spacial score (nSPS) is 26.6. The van der Waals surface area contributed by atoms with E-state index in [-0.39, 0.29) is 6.10 Å². The summed E-state index contributed by atoms with van der Waals surface area (Å²) >= 11 is 0. The monoisotopic (exact) mass is 275 g/mol. The second-order valence-corrected chi connectivity index (χ2v) is 6.39. The minimum Gasteiger partial charge on any atom is -0.490 e. The van der Waals surface area contributed by atoms with Crippen LogP contribution >= 0.6 is 0 Å². The first kappa shape index (κ1) is 15.4. The highest BCUT2D eigenvalue weighted by molar-refractivity contribution is 5.44. The first-order chi connectivity index (χ1) is 9.56. The average molecular weight is 275 g/mol. The van der Waals surface area contributed by atoms with Gasteiger partial charge in [-0.05, 0) is 69.2 Å². The zero-order valence-corrected chi connectivity index (χ0v) is 13.4. The molecule has 20 heavy (non-hydrogen) atoms. The summed E-state index contributed by atoms with van der Waals surface area (Å²) in [5.41, 5.74) is 9.78. The van der Waals surface area contributed by atoms with Gasteiger partial charge in [-0.3, -0.25) is 0 Å². The van der Waals surface area contributed by atoms with E-state index in [1.165, 1.54) is 36.0 Å². The van der Waals surface area contributed by atoms with Crippen molar-refractivity contribution in [1.29, 1.82) is 0 Å². The fraction of sp³-hybridized carbons (Fsp3) is 0.667. The quantitative estimate of drug-likeness (QED) is 0.896. The average Bonchev–Trinajstić information content (AvgIpc) is 2.47. The van der Waals surface area contributed by atoms with Gasteiger partial charge in [-0.25, -0.2) is 0 Å². The van der Waals surface area contributed by atoms with Crippen LogP contribution in [-0.2, 0) is 0 Å². The predicted octanol–water partition coefficient (Wildman–Crippen LogP) is 4.14. The maximum absolute atomic E-state index is 6.45. The minimum atomic E-state index is 0.290. The van der Waals surface area contributed by atoms with Crippen LogP contribution in [-0.4, -0.2) is 12.6 Å². The van der Waals surface area contributed by atoms with Crippen molar-refractivity contribution in [2.45, 2.75) is 59.5 Å². The number of nitrogens with two attached hydrogens (primary N) is 1. The van der Waals surface area contributed by atoms with Gasteiger partial charge in [0.1, 0.15) is 11.9 Å². The van der Waals surface area contributed by atoms with Gasteiger partial charge in [0.05, 0.1) is 0 Å². The van der Waals surface area contributed by atoms with Gasteiger partial charge in [-0.2, -0.15) is 0 Å². The van der Waals surface area contributed by atoms with Crippen LogP contribution in [0.25, 0.3) is 0 Å². The Morgan fingerprint density at radius 1 is 1.15 bits per heavy atom. The van der Waals surface area contributed by atoms with Gasteiger partial charge in [-0.15, -0.1) is 0 Å². The fourth-order valence-electron chi connectivity index (χ4n) is 3.32. The Hall–Kier alpha value is -1.02. The number of hydrogen-bond acceptors (Lipinski definition) is 2. The van der Waals surface area contributed by atoms with Crippen molar-refractivity contribution in [3.63, 3.8) is 0 Å². The van der Waals surface area contributed by atoms with E-state index in [4.69, 9.17) is 10.5 Å². The molecule has 0 spiro atoms. The van der Waals surface area contributed by atoms with E-state index >= 15 is 0 Å². The molecule has 1 aromatic rings. The zero-order valence-electron chi connectivity index (χ0n) is 13.4. The molecule has 2 nitrogen and oxygen atoms in total. The highest BCUT2D eigenvalue weighted by Crippen LogP contribution is 2.35. The lowest BCUT2D eigenvalue weighted by Crippen LogP contribution is -2.38. The molecule has 112 valence electrons. The van der Waals surface area contributed by atoms with E-state index in [1.54, 1.807) is 0 Å². The lowest BCUT2D eigenvalue weighted by molar-refractivity contribution is 0.0672. The van der Waals surface area contributed by atoms with E-state index in [0.29, 0.717) is 5.92 Å². The largest absolute Gasteiger partial charge is 0.490 e. The van der Waals surface area contributed by atoms with Crippen molar-refractivity contribution < 1.29 is 4.74 Å². The minimum absolute atomic E-state index is 0.290. The molecule has 2 N–H and O–H groups in total. The summed E-state index contributed by atoms with van der Waals surface area (Å²) in [7, 11) is 0. The third kappa shape index (κ3) is 3.17.